The number of amides is 1. The van der Waals surface area contributed by atoms with Gasteiger partial charge in [0.25, 0.3) is 0 Å². The lowest BCUT2D eigenvalue weighted by Crippen LogP contribution is -2.44. The topological polar surface area (TPSA) is 55.1 Å². The Labute approximate surface area is 119 Å². The maximum atomic E-state index is 12.3. The molecular weight excluding hydrogens is 260 g/mol. The molecule has 3 nitrogen and oxygen atoms in total. The molecule has 104 valence electrons. The SMILES string of the molecule is CC(NC(=O)C1CCCCC1N)c1cccc(Cl)c1. The number of nitrogens with two attached hydrogens (primary N) is 1. The third kappa shape index (κ3) is 3.71. The van der Waals surface area contributed by atoms with Crippen molar-refractivity contribution in [3.8, 4) is 0 Å². The standard InChI is InChI=1S/C15H21ClN2O/c1-10(11-5-4-6-12(16)9-11)18-15(19)13-7-2-3-8-14(13)17/h4-6,9-10,13-14H,2-3,7-8,17H2,1H3,(H,18,19). The van der Waals surface area contributed by atoms with Crippen LogP contribution >= 0.6 is 11.6 Å². The lowest BCUT2D eigenvalue weighted by Gasteiger charge is -2.28. The number of halogens is 1. The summed E-state index contributed by atoms with van der Waals surface area (Å²) < 4.78 is 0. The van der Waals surface area contributed by atoms with E-state index in [4.69, 9.17) is 17.3 Å². The van der Waals surface area contributed by atoms with Gasteiger partial charge in [-0.25, -0.2) is 0 Å². The highest BCUT2D eigenvalue weighted by Gasteiger charge is 2.28. The van der Waals surface area contributed by atoms with E-state index in [9.17, 15) is 4.79 Å². The van der Waals surface area contributed by atoms with E-state index in [0.29, 0.717) is 5.02 Å². The van der Waals surface area contributed by atoms with E-state index in [1.807, 2.05) is 31.2 Å². The molecule has 4 heteroatoms. The van der Waals surface area contributed by atoms with Gasteiger partial charge in [0, 0.05) is 11.1 Å². The second-order valence-electron chi connectivity index (χ2n) is 5.34. The molecule has 1 aliphatic rings. The summed E-state index contributed by atoms with van der Waals surface area (Å²) in [5, 5.41) is 3.73. The van der Waals surface area contributed by atoms with Crippen LogP contribution in [0.5, 0.6) is 0 Å². The summed E-state index contributed by atoms with van der Waals surface area (Å²) in [5.41, 5.74) is 7.06. The largest absolute Gasteiger partial charge is 0.349 e. The van der Waals surface area contributed by atoms with Crippen molar-refractivity contribution in [2.24, 2.45) is 11.7 Å². The van der Waals surface area contributed by atoms with Crippen LogP contribution in [0.2, 0.25) is 5.02 Å². The van der Waals surface area contributed by atoms with Gasteiger partial charge in [-0.2, -0.15) is 0 Å². The lowest BCUT2D eigenvalue weighted by atomic mass is 9.84. The molecular formula is C15H21ClN2O. The van der Waals surface area contributed by atoms with E-state index in [1.54, 1.807) is 0 Å². The van der Waals surface area contributed by atoms with Crippen LogP contribution in [0.15, 0.2) is 24.3 Å². The van der Waals surface area contributed by atoms with Gasteiger partial charge in [0.2, 0.25) is 5.91 Å². The van der Waals surface area contributed by atoms with Crippen molar-refractivity contribution in [2.45, 2.75) is 44.7 Å². The molecule has 1 saturated carbocycles. The van der Waals surface area contributed by atoms with Crippen LogP contribution in [0.1, 0.15) is 44.2 Å². The number of nitrogens with one attached hydrogen (secondary N) is 1. The van der Waals surface area contributed by atoms with Gasteiger partial charge >= 0.3 is 0 Å². The Hall–Kier alpha value is -1.06. The van der Waals surface area contributed by atoms with Crippen LogP contribution in [0.25, 0.3) is 0 Å². The third-order valence-corrected chi connectivity index (χ3v) is 4.10. The van der Waals surface area contributed by atoms with Crippen molar-refractivity contribution >= 4 is 17.5 Å². The average molecular weight is 281 g/mol. The van der Waals surface area contributed by atoms with Crippen LogP contribution in [0, 0.1) is 5.92 Å². The Morgan fingerprint density at radius 1 is 1.42 bits per heavy atom. The fraction of sp³-hybridized carbons (Fsp3) is 0.533. The Kier molecular flexibility index (Phi) is 4.83. The predicted molar refractivity (Wildman–Crippen MR) is 77.9 cm³/mol. The van der Waals surface area contributed by atoms with Gasteiger partial charge in [-0.1, -0.05) is 36.6 Å². The zero-order valence-corrected chi connectivity index (χ0v) is 12.0. The van der Waals surface area contributed by atoms with Crippen molar-refractivity contribution in [1.82, 2.24) is 5.32 Å². The molecule has 1 aromatic rings. The molecule has 1 fully saturated rings. The third-order valence-electron chi connectivity index (χ3n) is 3.86. The van der Waals surface area contributed by atoms with E-state index in [0.717, 1.165) is 31.2 Å². The molecule has 3 atom stereocenters. The molecule has 0 saturated heterocycles. The van der Waals surface area contributed by atoms with Crippen molar-refractivity contribution in [3.63, 3.8) is 0 Å². The number of hydrogen-bond donors (Lipinski definition) is 2. The minimum Gasteiger partial charge on any atom is -0.349 e. The number of hydrogen-bond acceptors (Lipinski definition) is 2. The van der Waals surface area contributed by atoms with Crippen LogP contribution in [-0.2, 0) is 4.79 Å². The molecule has 3 N–H and O–H groups in total. The quantitative estimate of drug-likeness (QED) is 0.894. The number of rotatable bonds is 3. The number of benzene rings is 1. The molecule has 0 radical (unpaired) electrons. The predicted octanol–water partition coefficient (Wildman–Crippen LogP) is 3.03. The Bertz CT molecular complexity index is 450. The van der Waals surface area contributed by atoms with Gasteiger partial charge < -0.3 is 11.1 Å². The Balaban J connectivity index is 1.98. The van der Waals surface area contributed by atoms with Gasteiger partial charge in [-0.3, -0.25) is 4.79 Å². The van der Waals surface area contributed by atoms with Crippen molar-refractivity contribution < 1.29 is 4.79 Å². The zero-order chi connectivity index (χ0) is 13.8. The smallest absolute Gasteiger partial charge is 0.225 e. The Morgan fingerprint density at radius 2 is 2.16 bits per heavy atom. The molecule has 1 aromatic carbocycles. The average Bonchev–Trinajstić information content (AvgIpc) is 2.39. The molecule has 0 heterocycles. The van der Waals surface area contributed by atoms with Crippen molar-refractivity contribution in [1.29, 1.82) is 0 Å². The molecule has 0 bridgehead atoms. The van der Waals surface area contributed by atoms with E-state index < -0.39 is 0 Å². The van der Waals surface area contributed by atoms with Crippen molar-refractivity contribution in [3.05, 3.63) is 34.9 Å². The monoisotopic (exact) mass is 280 g/mol. The van der Waals surface area contributed by atoms with Crippen LogP contribution < -0.4 is 11.1 Å². The molecule has 0 aromatic heterocycles. The summed E-state index contributed by atoms with van der Waals surface area (Å²) in [7, 11) is 0. The van der Waals surface area contributed by atoms with E-state index >= 15 is 0 Å². The summed E-state index contributed by atoms with van der Waals surface area (Å²) in [6, 6.07) is 7.54. The van der Waals surface area contributed by atoms with E-state index in [-0.39, 0.29) is 23.9 Å². The number of carbonyl (C=O) groups is 1. The molecule has 0 aliphatic heterocycles. The minimum absolute atomic E-state index is 0.000288. The lowest BCUT2D eigenvalue weighted by molar-refractivity contribution is -0.127. The zero-order valence-electron chi connectivity index (χ0n) is 11.2. The van der Waals surface area contributed by atoms with Crippen LogP contribution in [0.3, 0.4) is 0 Å². The minimum atomic E-state index is -0.0459. The molecule has 0 spiro atoms. The fourth-order valence-electron chi connectivity index (χ4n) is 2.66. The second kappa shape index (κ2) is 6.40. The normalized spacial score (nSPS) is 24.8. The van der Waals surface area contributed by atoms with Crippen LogP contribution in [-0.4, -0.2) is 11.9 Å². The molecule has 1 amide bonds. The first-order chi connectivity index (χ1) is 9.08. The molecule has 2 rings (SSSR count). The maximum Gasteiger partial charge on any atom is 0.225 e. The van der Waals surface area contributed by atoms with Gasteiger partial charge in [0.1, 0.15) is 0 Å². The first kappa shape index (κ1) is 14.4. The second-order valence-corrected chi connectivity index (χ2v) is 5.78. The summed E-state index contributed by atoms with van der Waals surface area (Å²) in [6.45, 7) is 1.97. The van der Waals surface area contributed by atoms with Crippen LogP contribution in [0.4, 0.5) is 0 Å². The van der Waals surface area contributed by atoms with E-state index in [2.05, 4.69) is 5.32 Å². The maximum absolute atomic E-state index is 12.3. The highest BCUT2D eigenvalue weighted by molar-refractivity contribution is 6.30. The first-order valence-electron chi connectivity index (χ1n) is 6.89. The molecule has 1 aliphatic carbocycles. The summed E-state index contributed by atoms with van der Waals surface area (Å²) in [6.07, 6.45) is 4.07. The summed E-state index contributed by atoms with van der Waals surface area (Å²) in [4.78, 5) is 12.3. The van der Waals surface area contributed by atoms with Gasteiger partial charge in [-0.05, 0) is 37.5 Å². The van der Waals surface area contributed by atoms with E-state index in [1.165, 1.54) is 0 Å². The van der Waals surface area contributed by atoms with Gasteiger partial charge in [0.15, 0.2) is 0 Å². The van der Waals surface area contributed by atoms with Crippen molar-refractivity contribution in [2.75, 3.05) is 0 Å². The van der Waals surface area contributed by atoms with Gasteiger partial charge in [0.05, 0.1) is 12.0 Å². The molecule has 19 heavy (non-hydrogen) atoms. The van der Waals surface area contributed by atoms with Gasteiger partial charge in [-0.15, -0.1) is 0 Å². The summed E-state index contributed by atoms with van der Waals surface area (Å²) in [5.74, 6) is 0.0232. The molecule has 3 unspecified atom stereocenters. The highest BCUT2D eigenvalue weighted by Crippen LogP contribution is 2.24. The number of carbonyl (C=O) groups excluding carboxylic acids is 1. The highest BCUT2D eigenvalue weighted by atomic mass is 35.5. The fourth-order valence-corrected chi connectivity index (χ4v) is 2.86. The Morgan fingerprint density at radius 3 is 2.84 bits per heavy atom. The summed E-state index contributed by atoms with van der Waals surface area (Å²) >= 11 is 5.96. The first-order valence-corrected chi connectivity index (χ1v) is 7.27.